The van der Waals surface area contributed by atoms with Crippen LogP contribution in [0.4, 0.5) is 0 Å². The van der Waals surface area contributed by atoms with Crippen LogP contribution in [0.5, 0.6) is 0 Å². The number of carbonyl (C=O) groups is 1. The van der Waals surface area contributed by atoms with Gasteiger partial charge in [-0.15, -0.1) is 11.6 Å². The Morgan fingerprint density at radius 2 is 2.25 bits per heavy atom. The summed E-state index contributed by atoms with van der Waals surface area (Å²) in [6, 6.07) is 5.79. The number of hydrogen-bond donors (Lipinski definition) is 1. The predicted molar refractivity (Wildman–Crippen MR) is 82.3 cm³/mol. The Morgan fingerprint density at radius 1 is 1.50 bits per heavy atom. The number of aromatic nitrogens is 2. The summed E-state index contributed by atoms with van der Waals surface area (Å²) in [6.07, 6.45) is 0.652. The Kier molecular flexibility index (Phi) is 4.65. The molecule has 2 aromatic rings. The number of nitrogens with one attached hydrogen (secondary N) is 1. The van der Waals surface area contributed by atoms with Crippen molar-refractivity contribution in [2.75, 3.05) is 12.4 Å². The number of likely N-dealkylation sites (N-methyl/N-ethyl adjacent to an activating group) is 1. The largest absolute Gasteiger partial charge is 0.355 e. The second kappa shape index (κ2) is 6.27. The SMILES string of the molecule is CCNC(=O)C(C)n1c(CCCl)nc2ccc(C)cc21. The number of alkyl halides is 1. The molecular formula is C15H20ClN3O. The van der Waals surface area contributed by atoms with Crippen molar-refractivity contribution in [3.05, 3.63) is 29.6 Å². The molecule has 0 spiro atoms. The molecule has 4 nitrogen and oxygen atoms in total. The maximum absolute atomic E-state index is 12.1. The van der Waals surface area contributed by atoms with Gasteiger partial charge in [0, 0.05) is 18.8 Å². The van der Waals surface area contributed by atoms with Crippen molar-refractivity contribution >= 4 is 28.5 Å². The summed E-state index contributed by atoms with van der Waals surface area (Å²) in [7, 11) is 0. The third-order valence-corrected chi connectivity index (χ3v) is 3.54. The summed E-state index contributed by atoms with van der Waals surface area (Å²) in [5, 5.41) is 2.86. The molecule has 1 amide bonds. The molecule has 0 saturated heterocycles. The molecule has 5 heteroatoms. The molecule has 20 heavy (non-hydrogen) atoms. The molecule has 1 atom stereocenters. The van der Waals surface area contributed by atoms with E-state index in [4.69, 9.17) is 11.6 Å². The molecular weight excluding hydrogens is 274 g/mol. The fourth-order valence-corrected chi connectivity index (χ4v) is 2.55. The predicted octanol–water partition coefficient (Wildman–Crippen LogP) is 2.82. The third kappa shape index (κ3) is 2.80. The summed E-state index contributed by atoms with van der Waals surface area (Å²) in [5.41, 5.74) is 3.05. The second-order valence-corrected chi connectivity index (χ2v) is 5.28. The Labute approximate surface area is 124 Å². The summed E-state index contributed by atoms with van der Waals surface area (Å²) < 4.78 is 2.00. The van der Waals surface area contributed by atoms with Crippen LogP contribution in [0.25, 0.3) is 11.0 Å². The highest BCUT2D eigenvalue weighted by molar-refractivity contribution is 6.17. The molecule has 0 aliphatic carbocycles. The Balaban J connectivity index is 2.55. The van der Waals surface area contributed by atoms with E-state index < -0.39 is 0 Å². The molecule has 0 radical (unpaired) electrons. The summed E-state index contributed by atoms with van der Waals surface area (Å²) in [5.74, 6) is 1.35. The maximum atomic E-state index is 12.1. The molecule has 0 saturated carbocycles. The van der Waals surface area contributed by atoms with E-state index >= 15 is 0 Å². The Morgan fingerprint density at radius 3 is 2.90 bits per heavy atom. The minimum absolute atomic E-state index is 0.00382. The zero-order chi connectivity index (χ0) is 14.7. The minimum atomic E-state index is -0.292. The topological polar surface area (TPSA) is 46.9 Å². The lowest BCUT2D eigenvalue weighted by Crippen LogP contribution is -2.31. The molecule has 0 fully saturated rings. The highest BCUT2D eigenvalue weighted by atomic mass is 35.5. The van der Waals surface area contributed by atoms with Gasteiger partial charge in [0.1, 0.15) is 11.9 Å². The van der Waals surface area contributed by atoms with E-state index in [0.717, 1.165) is 22.4 Å². The van der Waals surface area contributed by atoms with Crippen molar-refractivity contribution in [2.45, 2.75) is 33.2 Å². The zero-order valence-corrected chi connectivity index (χ0v) is 12.9. The smallest absolute Gasteiger partial charge is 0.242 e. The number of hydrogen-bond acceptors (Lipinski definition) is 2. The van der Waals surface area contributed by atoms with Gasteiger partial charge in [0.15, 0.2) is 0 Å². The van der Waals surface area contributed by atoms with Gasteiger partial charge in [-0.05, 0) is 38.5 Å². The molecule has 1 unspecified atom stereocenters. The van der Waals surface area contributed by atoms with E-state index in [2.05, 4.69) is 16.4 Å². The van der Waals surface area contributed by atoms with Crippen LogP contribution in [0, 0.1) is 6.92 Å². The summed E-state index contributed by atoms with van der Waals surface area (Å²) in [4.78, 5) is 16.7. The first-order valence-electron chi connectivity index (χ1n) is 6.89. The standard InChI is InChI=1S/C15H20ClN3O/c1-4-17-15(20)11(3)19-13-9-10(2)5-6-12(13)18-14(19)7-8-16/h5-6,9,11H,4,7-8H2,1-3H3,(H,17,20). The molecule has 0 bridgehead atoms. The van der Waals surface area contributed by atoms with Gasteiger partial charge in [0.25, 0.3) is 0 Å². The van der Waals surface area contributed by atoms with Gasteiger partial charge in [-0.1, -0.05) is 6.07 Å². The molecule has 0 aliphatic heterocycles. The van der Waals surface area contributed by atoms with Crippen LogP contribution in [-0.4, -0.2) is 27.9 Å². The van der Waals surface area contributed by atoms with Crippen LogP contribution in [0.3, 0.4) is 0 Å². The second-order valence-electron chi connectivity index (χ2n) is 4.90. The minimum Gasteiger partial charge on any atom is -0.355 e. The number of imidazole rings is 1. The average Bonchev–Trinajstić information content (AvgIpc) is 2.76. The number of rotatable bonds is 5. The summed E-state index contributed by atoms with van der Waals surface area (Å²) >= 11 is 5.86. The first-order chi connectivity index (χ1) is 9.58. The van der Waals surface area contributed by atoms with Crippen LogP contribution in [-0.2, 0) is 11.2 Å². The van der Waals surface area contributed by atoms with Crippen LogP contribution < -0.4 is 5.32 Å². The summed E-state index contributed by atoms with van der Waals surface area (Å²) in [6.45, 7) is 6.47. The van der Waals surface area contributed by atoms with Gasteiger partial charge >= 0.3 is 0 Å². The molecule has 0 aliphatic rings. The van der Waals surface area contributed by atoms with Crippen molar-refractivity contribution in [3.8, 4) is 0 Å². The van der Waals surface area contributed by atoms with Crippen molar-refractivity contribution in [1.82, 2.24) is 14.9 Å². The number of fused-ring (bicyclic) bond motifs is 1. The van der Waals surface area contributed by atoms with E-state index in [1.807, 2.05) is 37.5 Å². The van der Waals surface area contributed by atoms with Crippen LogP contribution in [0.15, 0.2) is 18.2 Å². The number of nitrogens with zero attached hydrogens (tertiary/aromatic N) is 2. The number of aryl methyl sites for hydroxylation is 2. The molecule has 108 valence electrons. The first-order valence-corrected chi connectivity index (χ1v) is 7.43. The van der Waals surface area contributed by atoms with E-state index in [-0.39, 0.29) is 11.9 Å². The third-order valence-electron chi connectivity index (χ3n) is 3.35. The lowest BCUT2D eigenvalue weighted by atomic mass is 10.2. The Hall–Kier alpha value is -1.55. The number of halogens is 1. The van der Waals surface area contributed by atoms with Gasteiger partial charge < -0.3 is 9.88 Å². The van der Waals surface area contributed by atoms with Crippen molar-refractivity contribution < 1.29 is 4.79 Å². The quantitative estimate of drug-likeness (QED) is 0.862. The van der Waals surface area contributed by atoms with Crippen LogP contribution in [0.2, 0.25) is 0 Å². The van der Waals surface area contributed by atoms with Gasteiger partial charge in [0.05, 0.1) is 11.0 Å². The first kappa shape index (κ1) is 14.9. The highest BCUT2D eigenvalue weighted by Gasteiger charge is 2.20. The fourth-order valence-electron chi connectivity index (χ4n) is 2.39. The molecule has 2 rings (SSSR count). The van der Waals surface area contributed by atoms with Gasteiger partial charge in [-0.3, -0.25) is 4.79 Å². The van der Waals surface area contributed by atoms with Crippen molar-refractivity contribution in [2.24, 2.45) is 0 Å². The van der Waals surface area contributed by atoms with E-state index in [1.54, 1.807) is 0 Å². The lowest BCUT2D eigenvalue weighted by molar-refractivity contribution is -0.123. The lowest BCUT2D eigenvalue weighted by Gasteiger charge is -2.17. The Bertz CT molecular complexity index is 621. The normalized spacial score (nSPS) is 12.6. The molecule has 1 aromatic carbocycles. The zero-order valence-electron chi connectivity index (χ0n) is 12.1. The van der Waals surface area contributed by atoms with E-state index in [9.17, 15) is 4.79 Å². The van der Waals surface area contributed by atoms with E-state index in [0.29, 0.717) is 18.8 Å². The van der Waals surface area contributed by atoms with Gasteiger partial charge in [-0.2, -0.15) is 0 Å². The fraction of sp³-hybridized carbons (Fsp3) is 0.467. The number of carbonyl (C=O) groups excluding carboxylic acids is 1. The monoisotopic (exact) mass is 293 g/mol. The molecule has 1 N–H and O–H groups in total. The number of benzene rings is 1. The van der Waals surface area contributed by atoms with Crippen molar-refractivity contribution in [3.63, 3.8) is 0 Å². The average molecular weight is 294 g/mol. The molecule has 1 heterocycles. The van der Waals surface area contributed by atoms with E-state index in [1.165, 1.54) is 0 Å². The maximum Gasteiger partial charge on any atom is 0.242 e. The number of amides is 1. The van der Waals surface area contributed by atoms with Crippen LogP contribution >= 0.6 is 11.6 Å². The highest BCUT2D eigenvalue weighted by Crippen LogP contribution is 2.23. The van der Waals surface area contributed by atoms with Gasteiger partial charge in [-0.25, -0.2) is 4.98 Å². The van der Waals surface area contributed by atoms with Crippen molar-refractivity contribution in [1.29, 1.82) is 0 Å². The van der Waals surface area contributed by atoms with Gasteiger partial charge in [0.2, 0.25) is 5.91 Å². The molecule has 1 aromatic heterocycles. The van der Waals surface area contributed by atoms with Crippen LogP contribution in [0.1, 0.15) is 31.3 Å².